The highest BCUT2D eigenvalue weighted by molar-refractivity contribution is 9.09. The van der Waals surface area contributed by atoms with Gasteiger partial charge in [-0.05, 0) is 18.9 Å². The van der Waals surface area contributed by atoms with Crippen LogP contribution in [0.2, 0.25) is 0 Å². The zero-order valence-electron chi connectivity index (χ0n) is 7.96. The summed E-state index contributed by atoms with van der Waals surface area (Å²) in [6.07, 6.45) is 1.84. The quantitative estimate of drug-likeness (QED) is 0.747. The van der Waals surface area contributed by atoms with E-state index < -0.39 is 0 Å². The van der Waals surface area contributed by atoms with E-state index in [0.717, 1.165) is 17.4 Å². The topological polar surface area (TPSA) is 22.0 Å². The number of hydrogen-bond donors (Lipinski definition) is 0. The van der Waals surface area contributed by atoms with Crippen molar-refractivity contribution in [3.05, 3.63) is 34.2 Å². The van der Waals surface area contributed by atoms with Crippen LogP contribution >= 0.6 is 15.9 Å². The number of alkyl halides is 1. The lowest BCUT2D eigenvalue weighted by Crippen LogP contribution is -2.24. The van der Waals surface area contributed by atoms with Crippen LogP contribution in [0.5, 0.6) is 0 Å². The summed E-state index contributed by atoms with van der Waals surface area (Å²) in [5.41, 5.74) is 0.930. The van der Waals surface area contributed by atoms with Crippen LogP contribution in [0.3, 0.4) is 0 Å². The van der Waals surface area contributed by atoms with Crippen molar-refractivity contribution in [3.63, 3.8) is 0 Å². The highest BCUT2D eigenvalue weighted by Gasteiger charge is 2.03. The summed E-state index contributed by atoms with van der Waals surface area (Å²) in [7, 11) is 0. The summed E-state index contributed by atoms with van der Waals surface area (Å²) in [5.74, 6) is 0.486. The number of pyridine rings is 1. The molecule has 1 rings (SSSR count). The molecule has 1 heterocycles. The molecule has 72 valence electrons. The van der Waals surface area contributed by atoms with Gasteiger partial charge in [-0.25, -0.2) is 0 Å². The SMILES string of the molecule is Cc1cccn(CC(C)CBr)c1=O. The Morgan fingerprint density at radius 3 is 2.92 bits per heavy atom. The van der Waals surface area contributed by atoms with E-state index in [2.05, 4.69) is 22.9 Å². The van der Waals surface area contributed by atoms with Gasteiger partial charge in [0.05, 0.1) is 0 Å². The second-order valence-corrected chi connectivity index (χ2v) is 4.06. The Labute approximate surface area is 86.7 Å². The van der Waals surface area contributed by atoms with Crippen LogP contribution in [0.4, 0.5) is 0 Å². The van der Waals surface area contributed by atoms with Gasteiger partial charge in [0.1, 0.15) is 0 Å². The molecule has 0 aliphatic rings. The molecule has 3 heteroatoms. The van der Waals surface area contributed by atoms with Crippen molar-refractivity contribution in [2.75, 3.05) is 5.33 Å². The number of aryl methyl sites for hydroxylation is 1. The molecule has 1 unspecified atom stereocenters. The van der Waals surface area contributed by atoms with Crippen molar-refractivity contribution in [3.8, 4) is 0 Å². The molecule has 13 heavy (non-hydrogen) atoms. The van der Waals surface area contributed by atoms with Gasteiger partial charge in [-0.3, -0.25) is 4.79 Å². The second kappa shape index (κ2) is 4.61. The molecule has 2 nitrogen and oxygen atoms in total. The number of hydrogen-bond acceptors (Lipinski definition) is 1. The third-order valence-electron chi connectivity index (χ3n) is 1.98. The molecular formula is C10H14BrNO. The molecule has 0 radical (unpaired) electrons. The summed E-state index contributed by atoms with van der Waals surface area (Å²) >= 11 is 3.40. The van der Waals surface area contributed by atoms with E-state index in [4.69, 9.17) is 0 Å². The Morgan fingerprint density at radius 2 is 2.31 bits per heavy atom. The average Bonchev–Trinajstić information content (AvgIpc) is 2.13. The number of halogens is 1. The molecule has 0 saturated heterocycles. The van der Waals surface area contributed by atoms with E-state index in [0.29, 0.717) is 5.92 Å². The van der Waals surface area contributed by atoms with Crippen molar-refractivity contribution in [1.29, 1.82) is 0 Å². The molecule has 0 amide bonds. The van der Waals surface area contributed by atoms with Crippen LogP contribution in [-0.2, 0) is 6.54 Å². The fraction of sp³-hybridized carbons (Fsp3) is 0.500. The largest absolute Gasteiger partial charge is 0.315 e. The molecule has 0 aliphatic heterocycles. The monoisotopic (exact) mass is 243 g/mol. The lowest BCUT2D eigenvalue weighted by molar-refractivity contribution is 0.519. The summed E-state index contributed by atoms with van der Waals surface area (Å²) in [4.78, 5) is 11.6. The number of aromatic nitrogens is 1. The van der Waals surface area contributed by atoms with Crippen LogP contribution in [0, 0.1) is 12.8 Å². The first-order chi connectivity index (χ1) is 6.15. The van der Waals surface area contributed by atoms with Crippen molar-refractivity contribution >= 4 is 15.9 Å². The maximum absolute atomic E-state index is 11.6. The third-order valence-corrected chi connectivity index (χ3v) is 3.09. The summed E-state index contributed by atoms with van der Waals surface area (Å²) in [6.45, 7) is 4.74. The minimum Gasteiger partial charge on any atom is -0.315 e. The third kappa shape index (κ3) is 2.69. The molecule has 0 bridgehead atoms. The number of rotatable bonds is 3. The predicted molar refractivity (Wildman–Crippen MR) is 58.4 cm³/mol. The standard InChI is InChI=1S/C10H14BrNO/c1-8(6-11)7-12-5-3-4-9(2)10(12)13/h3-5,8H,6-7H2,1-2H3. The number of nitrogens with zero attached hydrogens (tertiary/aromatic N) is 1. The van der Waals surface area contributed by atoms with E-state index in [-0.39, 0.29) is 5.56 Å². The summed E-state index contributed by atoms with van der Waals surface area (Å²) in [5, 5.41) is 0.924. The Bertz CT molecular complexity index is 332. The maximum atomic E-state index is 11.6. The van der Waals surface area contributed by atoms with Crippen molar-refractivity contribution in [2.45, 2.75) is 20.4 Å². The van der Waals surface area contributed by atoms with Crippen LogP contribution in [0.15, 0.2) is 23.1 Å². The van der Waals surface area contributed by atoms with E-state index in [1.807, 2.05) is 25.3 Å². The lowest BCUT2D eigenvalue weighted by atomic mass is 10.2. The van der Waals surface area contributed by atoms with Gasteiger partial charge in [0, 0.05) is 23.6 Å². The zero-order chi connectivity index (χ0) is 9.84. The minimum absolute atomic E-state index is 0.121. The van der Waals surface area contributed by atoms with Crippen molar-refractivity contribution in [1.82, 2.24) is 4.57 Å². The second-order valence-electron chi connectivity index (χ2n) is 3.41. The van der Waals surface area contributed by atoms with Gasteiger partial charge in [0.2, 0.25) is 0 Å². The van der Waals surface area contributed by atoms with Crippen molar-refractivity contribution in [2.24, 2.45) is 5.92 Å². The van der Waals surface area contributed by atoms with E-state index in [1.54, 1.807) is 4.57 Å². The highest BCUT2D eigenvalue weighted by Crippen LogP contribution is 2.02. The molecule has 1 aromatic heterocycles. The van der Waals surface area contributed by atoms with Crippen LogP contribution in [-0.4, -0.2) is 9.90 Å². The zero-order valence-corrected chi connectivity index (χ0v) is 9.54. The molecule has 1 atom stereocenters. The first-order valence-corrected chi connectivity index (χ1v) is 5.49. The Kier molecular flexibility index (Phi) is 3.72. The van der Waals surface area contributed by atoms with Crippen molar-refractivity contribution < 1.29 is 0 Å². The Hall–Kier alpha value is -0.570. The van der Waals surface area contributed by atoms with Gasteiger partial charge in [-0.15, -0.1) is 0 Å². The first-order valence-electron chi connectivity index (χ1n) is 4.37. The molecule has 0 spiro atoms. The predicted octanol–water partition coefficient (Wildman–Crippen LogP) is 2.19. The van der Waals surface area contributed by atoms with Gasteiger partial charge in [0.25, 0.3) is 5.56 Å². The molecule has 0 N–H and O–H groups in total. The molecule has 0 saturated carbocycles. The molecular weight excluding hydrogens is 230 g/mol. The normalized spacial score (nSPS) is 12.8. The van der Waals surface area contributed by atoms with Gasteiger partial charge < -0.3 is 4.57 Å². The average molecular weight is 244 g/mol. The van der Waals surface area contributed by atoms with Gasteiger partial charge >= 0.3 is 0 Å². The minimum atomic E-state index is 0.121. The van der Waals surface area contributed by atoms with Crippen LogP contribution in [0.1, 0.15) is 12.5 Å². The Balaban J connectivity index is 2.89. The summed E-state index contributed by atoms with van der Waals surface area (Å²) in [6, 6.07) is 3.76. The van der Waals surface area contributed by atoms with E-state index in [1.165, 1.54) is 0 Å². The van der Waals surface area contributed by atoms with Gasteiger partial charge in [-0.2, -0.15) is 0 Å². The van der Waals surface area contributed by atoms with Gasteiger partial charge in [-0.1, -0.05) is 28.9 Å². The maximum Gasteiger partial charge on any atom is 0.253 e. The molecule has 0 aliphatic carbocycles. The molecule has 1 aromatic rings. The van der Waals surface area contributed by atoms with Crippen LogP contribution < -0.4 is 5.56 Å². The molecule has 0 fully saturated rings. The van der Waals surface area contributed by atoms with E-state index in [9.17, 15) is 4.79 Å². The highest BCUT2D eigenvalue weighted by atomic mass is 79.9. The smallest absolute Gasteiger partial charge is 0.253 e. The lowest BCUT2D eigenvalue weighted by Gasteiger charge is -2.10. The Morgan fingerprint density at radius 1 is 1.62 bits per heavy atom. The van der Waals surface area contributed by atoms with Gasteiger partial charge in [0.15, 0.2) is 0 Å². The first kappa shape index (κ1) is 10.5. The fourth-order valence-corrected chi connectivity index (χ4v) is 1.39. The van der Waals surface area contributed by atoms with E-state index >= 15 is 0 Å². The fourth-order valence-electron chi connectivity index (χ4n) is 1.19. The molecule has 0 aromatic carbocycles. The summed E-state index contributed by atoms with van der Waals surface area (Å²) < 4.78 is 1.77. The van der Waals surface area contributed by atoms with Crippen LogP contribution in [0.25, 0.3) is 0 Å².